The fraction of sp³-hybridized carbons (Fsp3) is 0.138. The summed E-state index contributed by atoms with van der Waals surface area (Å²) in [5.74, 6) is -0.814. The molecule has 0 aliphatic carbocycles. The van der Waals surface area contributed by atoms with Crippen LogP contribution in [0.3, 0.4) is 0 Å². The third-order valence-corrected chi connectivity index (χ3v) is 7.31. The molecule has 1 atom stereocenters. The lowest BCUT2D eigenvalue weighted by Gasteiger charge is -2.15. The third-order valence-electron chi connectivity index (χ3n) is 6.30. The van der Waals surface area contributed by atoms with Crippen LogP contribution in [-0.4, -0.2) is 28.2 Å². The molecule has 0 saturated carbocycles. The third kappa shape index (κ3) is 4.75. The number of fused-ring (bicyclic) bond motifs is 1. The molecule has 5 rings (SSSR count). The van der Waals surface area contributed by atoms with Crippen LogP contribution in [0.15, 0.2) is 79.0 Å². The van der Waals surface area contributed by atoms with Gasteiger partial charge in [0, 0.05) is 24.4 Å². The molecular weight excluding hydrogens is 487 g/mol. The normalized spacial score (nSPS) is 11.9. The van der Waals surface area contributed by atoms with Gasteiger partial charge in [-0.1, -0.05) is 47.7 Å². The van der Waals surface area contributed by atoms with Crippen LogP contribution in [0, 0.1) is 12.7 Å². The number of carbonyl (C=O) groups excluding carboxylic acids is 2. The molecule has 0 unspecified atom stereocenters. The maximum Gasteiger partial charge on any atom is 0.270 e. The molecule has 0 aliphatic heterocycles. The maximum absolute atomic E-state index is 13.5. The lowest BCUT2D eigenvalue weighted by molar-refractivity contribution is 0.0937. The average Bonchev–Trinajstić information content (AvgIpc) is 3.47. The summed E-state index contributed by atoms with van der Waals surface area (Å²) in [6.07, 6.45) is 1.86. The Hall–Kier alpha value is -4.30. The van der Waals surface area contributed by atoms with E-state index >= 15 is 0 Å². The van der Waals surface area contributed by atoms with E-state index in [0.717, 1.165) is 21.6 Å². The van der Waals surface area contributed by atoms with Gasteiger partial charge in [0.05, 0.1) is 10.9 Å². The molecule has 2 N–H and O–H groups in total. The van der Waals surface area contributed by atoms with Gasteiger partial charge in [-0.3, -0.25) is 14.0 Å². The first-order valence-corrected chi connectivity index (χ1v) is 12.6. The second-order valence-electron chi connectivity index (χ2n) is 8.78. The molecule has 6 nitrogen and oxygen atoms in total. The number of carbonyl (C=O) groups is 2. The molecule has 0 saturated heterocycles. The number of rotatable bonds is 6. The van der Waals surface area contributed by atoms with E-state index in [2.05, 4.69) is 10.6 Å². The minimum absolute atomic E-state index is 0.136. The van der Waals surface area contributed by atoms with E-state index in [1.165, 1.54) is 23.5 Å². The Morgan fingerprint density at radius 1 is 1.00 bits per heavy atom. The fourth-order valence-corrected chi connectivity index (χ4v) is 5.31. The van der Waals surface area contributed by atoms with Crippen LogP contribution in [0.5, 0.6) is 0 Å². The Morgan fingerprint density at radius 2 is 1.73 bits per heavy atom. The average molecular weight is 513 g/mol. The van der Waals surface area contributed by atoms with E-state index < -0.39 is 0 Å². The van der Waals surface area contributed by atoms with Crippen molar-refractivity contribution in [2.24, 2.45) is 0 Å². The number of halogens is 1. The minimum Gasteiger partial charge on any atom is -0.354 e. The second kappa shape index (κ2) is 9.99. The van der Waals surface area contributed by atoms with Crippen LogP contribution in [0.2, 0.25) is 0 Å². The number of benzene rings is 3. The summed E-state index contributed by atoms with van der Waals surface area (Å²) >= 11 is 1.42. The number of aromatic nitrogens is 2. The summed E-state index contributed by atoms with van der Waals surface area (Å²) < 4.78 is 15.2. The molecule has 0 radical (unpaired) electrons. The van der Waals surface area contributed by atoms with E-state index in [1.807, 2.05) is 68.6 Å². The molecular formula is C29H25FN4O2S. The highest BCUT2D eigenvalue weighted by Crippen LogP contribution is 2.35. The Kier molecular flexibility index (Phi) is 6.58. The van der Waals surface area contributed by atoms with E-state index in [1.54, 1.807) is 23.6 Å². The quantitative estimate of drug-likeness (QED) is 0.292. The van der Waals surface area contributed by atoms with Crippen molar-refractivity contribution in [2.45, 2.75) is 19.9 Å². The summed E-state index contributed by atoms with van der Waals surface area (Å²) in [6, 6.07) is 21.2. The number of thiazole rings is 1. The molecule has 0 fully saturated rings. The van der Waals surface area contributed by atoms with Gasteiger partial charge in [0.15, 0.2) is 4.96 Å². The topological polar surface area (TPSA) is 75.5 Å². The molecule has 186 valence electrons. The first-order valence-electron chi connectivity index (χ1n) is 11.8. The van der Waals surface area contributed by atoms with E-state index in [-0.39, 0.29) is 23.7 Å². The van der Waals surface area contributed by atoms with E-state index in [0.29, 0.717) is 27.5 Å². The molecule has 2 amide bonds. The summed E-state index contributed by atoms with van der Waals surface area (Å²) in [5, 5.41) is 5.74. The Labute approximate surface area is 217 Å². The van der Waals surface area contributed by atoms with Crippen LogP contribution in [0.4, 0.5) is 4.39 Å². The zero-order valence-corrected chi connectivity index (χ0v) is 21.4. The molecule has 37 heavy (non-hydrogen) atoms. The number of nitrogens with zero attached hydrogens (tertiary/aromatic N) is 2. The monoisotopic (exact) mass is 512 g/mol. The highest BCUT2D eigenvalue weighted by Gasteiger charge is 2.23. The van der Waals surface area contributed by atoms with Crippen molar-refractivity contribution in [1.82, 2.24) is 20.0 Å². The maximum atomic E-state index is 13.5. The molecule has 0 bridgehead atoms. The Bertz CT molecular complexity index is 1610. The molecule has 2 heterocycles. The SMILES string of the molecule is CNC(=O)c1c(-c2ccc(F)cc2)nc2sc(-c3cc(C(=O)N[C@H](C)c4ccccc4)ccc3C)cn12. The highest BCUT2D eigenvalue weighted by molar-refractivity contribution is 7.20. The van der Waals surface area contributed by atoms with E-state index in [4.69, 9.17) is 4.98 Å². The number of aryl methyl sites for hydroxylation is 1. The van der Waals surface area contributed by atoms with Crippen LogP contribution in [-0.2, 0) is 0 Å². The smallest absolute Gasteiger partial charge is 0.270 e. The Morgan fingerprint density at radius 3 is 2.43 bits per heavy atom. The molecule has 0 aliphatic rings. The summed E-state index contributed by atoms with van der Waals surface area (Å²) in [6.45, 7) is 3.94. The number of amides is 2. The zero-order valence-electron chi connectivity index (χ0n) is 20.6. The first kappa shape index (κ1) is 24.4. The van der Waals surface area contributed by atoms with Gasteiger partial charge in [0.1, 0.15) is 17.2 Å². The standard InChI is InChI=1S/C29H25FN4O2S/c1-17-9-10-21(27(35)32-18(2)19-7-5-4-6-8-19)15-23(17)24-16-34-26(28(36)31-3)25(33-29(34)37-24)20-11-13-22(30)14-12-20/h4-16,18H,1-3H3,(H,31,36)(H,32,35)/t18-/m1/s1. The largest absolute Gasteiger partial charge is 0.354 e. The number of hydrogen-bond acceptors (Lipinski definition) is 4. The number of nitrogens with one attached hydrogen (secondary N) is 2. The van der Waals surface area contributed by atoms with Gasteiger partial charge in [-0.15, -0.1) is 0 Å². The molecule has 8 heteroatoms. The first-order chi connectivity index (χ1) is 17.9. The molecule has 2 aromatic heterocycles. The molecule has 5 aromatic rings. The number of hydrogen-bond donors (Lipinski definition) is 2. The lowest BCUT2D eigenvalue weighted by Crippen LogP contribution is -2.26. The van der Waals surface area contributed by atoms with E-state index in [9.17, 15) is 14.0 Å². The summed E-state index contributed by atoms with van der Waals surface area (Å²) in [7, 11) is 1.56. The van der Waals surface area contributed by atoms with Gasteiger partial charge in [0.25, 0.3) is 11.8 Å². The van der Waals surface area contributed by atoms with Crippen molar-refractivity contribution in [3.63, 3.8) is 0 Å². The van der Waals surface area contributed by atoms with Gasteiger partial charge in [0.2, 0.25) is 0 Å². The zero-order chi connectivity index (χ0) is 26.1. The van der Waals surface area contributed by atoms with Gasteiger partial charge < -0.3 is 10.6 Å². The van der Waals surface area contributed by atoms with Crippen LogP contribution in [0.25, 0.3) is 26.7 Å². The van der Waals surface area contributed by atoms with Crippen molar-refractivity contribution in [1.29, 1.82) is 0 Å². The summed E-state index contributed by atoms with van der Waals surface area (Å²) in [5.41, 5.74) is 4.97. The van der Waals surface area contributed by atoms with Crippen molar-refractivity contribution < 1.29 is 14.0 Å². The fourth-order valence-electron chi connectivity index (χ4n) is 4.25. The van der Waals surface area contributed by atoms with Crippen molar-refractivity contribution in [3.8, 4) is 21.7 Å². The predicted octanol–water partition coefficient (Wildman–Crippen LogP) is 6.03. The van der Waals surface area contributed by atoms with Crippen LogP contribution >= 0.6 is 11.3 Å². The van der Waals surface area contributed by atoms with Gasteiger partial charge in [-0.2, -0.15) is 0 Å². The predicted molar refractivity (Wildman–Crippen MR) is 144 cm³/mol. The van der Waals surface area contributed by atoms with Crippen LogP contribution < -0.4 is 10.6 Å². The van der Waals surface area contributed by atoms with Crippen molar-refractivity contribution in [2.75, 3.05) is 7.05 Å². The van der Waals surface area contributed by atoms with Crippen molar-refractivity contribution in [3.05, 3.63) is 107 Å². The van der Waals surface area contributed by atoms with Gasteiger partial charge >= 0.3 is 0 Å². The van der Waals surface area contributed by atoms with Crippen molar-refractivity contribution >= 4 is 28.1 Å². The molecule has 0 spiro atoms. The molecule has 3 aromatic carbocycles. The highest BCUT2D eigenvalue weighted by atomic mass is 32.1. The number of imidazole rings is 1. The summed E-state index contributed by atoms with van der Waals surface area (Å²) in [4.78, 5) is 32.1. The minimum atomic E-state index is -0.355. The van der Waals surface area contributed by atoms with Crippen LogP contribution in [0.1, 0.15) is 44.9 Å². The van der Waals surface area contributed by atoms with Gasteiger partial charge in [-0.05, 0) is 66.9 Å². The van der Waals surface area contributed by atoms with Gasteiger partial charge in [-0.25, -0.2) is 9.37 Å². The Balaban J connectivity index is 1.51. The lowest BCUT2D eigenvalue weighted by atomic mass is 10.0. The second-order valence-corrected chi connectivity index (χ2v) is 9.79.